The summed E-state index contributed by atoms with van der Waals surface area (Å²) in [4.78, 5) is 15.2. The zero-order valence-electron chi connectivity index (χ0n) is 8.23. The number of aromatic nitrogens is 1. The highest BCUT2D eigenvalue weighted by Crippen LogP contribution is 1.95. The molecule has 1 unspecified atom stereocenters. The van der Waals surface area contributed by atoms with Crippen molar-refractivity contribution in [3.8, 4) is 0 Å². The fourth-order valence-electron chi connectivity index (χ4n) is 1.01. The molecule has 3 N–H and O–H groups in total. The Hall–Kier alpha value is -1.42. The lowest BCUT2D eigenvalue weighted by molar-refractivity contribution is -0.122. The predicted octanol–water partition coefficient (Wildman–Crippen LogP) is 0.435. The first-order valence-electron chi connectivity index (χ1n) is 4.66. The summed E-state index contributed by atoms with van der Waals surface area (Å²) in [5, 5.41) is 2.76. The third kappa shape index (κ3) is 3.14. The molecule has 4 heteroatoms. The van der Waals surface area contributed by atoms with Gasteiger partial charge in [0.1, 0.15) is 0 Å². The summed E-state index contributed by atoms with van der Waals surface area (Å²) in [6, 6.07) is 3.31. The fraction of sp³-hybridized carbons (Fsp3) is 0.400. The second kappa shape index (κ2) is 5.34. The van der Waals surface area contributed by atoms with Gasteiger partial charge < -0.3 is 11.1 Å². The second-order valence-corrected chi connectivity index (χ2v) is 3.09. The average molecular weight is 193 g/mol. The van der Waals surface area contributed by atoms with Crippen molar-refractivity contribution < 1.29 is 4.79 Å². The van der Waals surface area contributed by atoms with Crippen LogP contribution in [0.5, 0.6) is 0 Å². The molecule has 4 nitrogen and oxygen atoms in total. The Morgan fingerprint density at radius 3 is 2.79 bits per heavy atom. The first-order valence-corrected chi connectivity index (χ1v) is 4.66. The van der Waals surface area contributed by atoms with Crippen molar-refractivity contribution in [2.45, 2.75) is 25.9 Å². The highest BCUT2D eigenvalue weighted by Gasteiger charge is 2.09. The van der Waals surface area contributed by atoms with Crippen LogP contribution in [0, 0.1) is 0 Å². The fourth-order valence-corrected chi connectivity index (χ4v) is 1.01. The molecule has 0 aromatic carbocycles. The van der Waals surface area contributed by atoms with Crippen LogP contribution in [-0.2, 0) is 11.3 Å². The number of pyridine rings is 1. The van der Waals surface area contributed by atoms with Crippen LogP contribution in [0.4, 0.5) is 0 Å². The number of carbonyl (C=O) groups is 1. The van der Waals surface area contributed by atoms with Crippen LogP contribution in [-0.4, -0.2) is 16.9 Å². The quantitative estimate of drug-likeness (QED) is 0.729. The highest BCUT2D eigenvalue weighted by atomic mass is 16.2. The van der Waals surface area contributed by atoms with E-state index in [-0.39, 0.29) is 5.91 Å². The molecule has 0 aliphatic heterocycles. The van der Waals surface area contributed by atoms with Crippen LogP contribution in [0.25, 0.3) is 0 Å². The Morgan fingerprint density at radius 1 is 1.57 bits per heavy atom. The van der Waals surface area contributed by atoms with Crippen molar-refractivity contribution in [2.75, 3.05) is 0 Å². The van der Waals surface area contributed by atoms with Gasteiger partial charge in [-0.05, 0) is 24.1 Å². The molecule has 1 aromatic rings. The molecule has 0 saturated carbocycles. The molecule has 0 fully saturated rings. The van der Waals surface area contributed by atoms with Gasteiger partial charge in [0.2, 0.25) is 5.91 Å². The van der Waals surface area contributed by atoms with E-state index in [1.54, 1.807) is 12.4 Å². The molecule has 1 rings (SSSR count). The van der Waals surface area contributed by atoms with E-state index in [1.165, 1.54) is 0 Å². The van der Waals surface area contributed by atoms with E-state index in [1.807, 2.05) is 19.1 Å². The molecule has 0 bridgehead atoms. The van der Waals surface area contributed by atoms with Crippen LogP contribution in [0.3, 0.4) is 0 Å². The Labute approximate surface area is 83.5 Å². The monoisotopic (exact) mass is 193 g/mol. The molecule has 0 aliphatic carbocycles. The summed E-state index contributed by atoms with van der Waals surface area (Å²) < 4.78 is 0. The van der Waals surface area contributed by atoms with Crippen LogP contribution >= 0.6 is 0 Å². The molecule has 1 atom stereocenters. The van der Waals surface area contributed by atoms with Crippen LogP contribution in [0.15, 0.2) is 24.5 Å². The number of hydrogen-bond donors (Lipinski definition) is 2. The van der Waals surface area contributed by atoms with Gasteiger partial charge >= 0.3 is 0 Å². The maximum atomic E-state index is 11.3. The van der Waals surface area contributed by atoms with E-state index in [4.69, 9.17) is 5.73 Å². The van der Waals surface area contributed by atoms with Crippen molar-refractivity contribution in [2.24, 2.45) is 5.73 Å². The molecule has 0 aliphatic rings. The first-order chi connectivity index (χ1) is 6.74. The summed E-state index contributed by atoms with van der Waals surface area (Å²) in [6.45, 7) is 2.39. The third-order valence-corrected chi connectivity index (χ3v) is 1.99. The molecule has 0 radical (unpaired) electrons. The summed E-state index contributed by atoms with van der Waals surface area (Å²) >= 11 is 0. The van der Waals surface area contributed by atoms with E-state index in [9.17, 15) is 4.79 Å². The van der Waals surface area contributed by atoms with Crippen molar-refractivity contribution in [1.82, 2.24) is 10.3 Å². The Balaban J connectivity index is 2.38. The van der Waals surface area contributed by atoms with Crippen LogP contribution in [0.2, 0.25) is 0 Å². The SMILES string of the molecule is CCC(N)C(=O)NCc1ccncc1. The smallest absolute Gasteiger partial charge is 0.237 e. The maximum absolute atomic E-state index is 11.3. The third-order valence-electron chi connectivity index (χ3n) is 1.99. The van der Waals surface area contributed by atoms with Crippen LogP contribution in [0.1, 0.15) is 18.9 Å². The summed E-state index contributed by atoms with van der Waals surface area (Å²) in [7, 11) is 0. The summed E-state index contributed by atoms with van der Waals surface area (Å²) in [6.07, 6.45) is 4.05. The van der Waals surface area contributed by atoms with Crippen molar-refractivity contribution in [3.63, 3.8) is 0 Å². The van der Waals surface area contributed by atoms with Gasteiger partial charge in [0.25, 0.3) is 0 Å². The molecular formula is C10H15N3O. The molecule has 1 amide bonds. The lowest BCUT2D eigenvalue weighted by Gasteiger charge is -2.09. The van der Waals surface area contributed by atoms with Gasteiger partial charge in [0, 0.05) is 18.9 Å². The molecule has 1 aromatic heterocycles. The highest BCUT2D eigenvalue weighted by molar-refractivity contribution is 5.81. The summed E-state index contributed by atoms with van der Waals surface area (Å²) in [5.41, 5.74) is 6.58. The average Bonchev–Trinajstić information content (AvgIpc) is 2.26. The minimum atomic E-state index is -0.406. The number of nitrogens with two attached hydrogens (primary N) is 1. The Morgan fingerprint density at radius 2 is 2.21 bits per heavy atom. The van der Waals surface area contributed by atoms with Gasteiger partial charge in [-0.25, -0.2) is 0 Å². The second-order valence-electron chi connectivity index (χ2n) is 3.09. The Bertz CT molecular complexity index is 287. The van der Waals surface area contributed by atoms with Crippen molar-refractivity contribution >= 4 is 5.91 Å². The number of rotatable bonds is 4. The van der Waals surface area contributed by atoms with Gasteiger partial charge in [-0.2, -0.15) is 0 Å². The zero-order valence-corrected chi connectivity index (χ0v) is 8.23. The number of amides is 1. The lowest BCUT2D eigenvalue weighted by Crippen LogP contribution is -2.39. The van der Waals surface area contributed by atoms with E-state index >= 15 is 0 Å². The predicted molar refractivity (Wildman–Crippen MR) is 54.4 cm³/mol. The number of hydrogen-bond acceptors (Lipinski definition) is 3. The van der Waals surface area contributed by atoms with E-state index in [0.717, 1.165) is 5.56 Å². The van der Waals surface area contributed by atoms with Gasteiger partial charge in [-0.15, -0.1) is 0 Å². The number of carbonyl (C=O) groups excluding carboxylic acids is 1. The molecule has 0 spiro atoms. The molecule has 76 valence electrons. The first kappa shape index (κ1) is 10.7. The van der Waals surface area contributed by atoms with Gasteiger partial charge in [-0.3, -0.25) is 9.78 Å². The maximum Gasteiger partial charge on any atom is 0.237 e. The Kier molecular flexibility index (Phi) is 4.07. The van der Waals surface area contributed by atoms with Crippen molar-refractivity contribution in [3.05, 3.63) is 30.1 Å². The minimum absolute atomic E-state index is 0.107. The van der Waals surface area contributed by atoms with Crippen molar-refractivity contribution in [1.29, 1.82) is 0 Å². The van der Waals surface area contributed by atoms with E-state index < -0.39 is 6.04 Å². The van der Waals surface area contributed by atoms with E-state index in [2.05, 4.69) is 10.3 Å². The minimum Gasteiger partial charge on any atom is -0.351 e. The lowest BCUT2D eigenvalue weighted by atomic mass is 10.2. The van der Waals surface area contributed by atoms with Gasteiger partial charge in [0.05, 0.1) is 6.04 Å². The zero-order chi connectivity index (χ0) is 10.4. The van der Waals surface area contributed by atoms with Crippen LogP contribution < -0.4 is 11.1 Å². The molecular weight excluding hydrogens is 178 g/mol. The summed E-state index contributed by atoms with van der Waals surface area (Å²) in [5.74, 6) is -0.107. The molecule has 0 saturated heterocycles. The topological polar surface area (TPSA) is 68.0 Å². The standard InChI is InChI=1S/C10H15N3O/c1-2-9(11)10(14)13-7-8-3-5-12-6-4-8/h3-6,9H,2,7,11H2,1H3,(H,13,14). The largest absolute Gasteiger partial charge is 0.351 e. The molecule has 14 heavy (non-hydrogen) atoms. The number of nitrogens with one attached hydrogen (secondary N) is 1. The van der Waals surface area contributed by atoms with Gasteiger partial charge in [0.15, 0.2) is 0 Å². The van der Waals surface area contributed by atoms with Gasteiger partial charge in [-0.1, -0.05) is 6.92 Å². The van der Waals surface area contributed by atoms with E-state index in [0.29, 0.717) is 13.0 Å². The number of nitrogens with zero attached hydrogens (tertiary/aromatic N) is 1. The molecule has 1 heterocycles. The normalized spacial score (nSPS) is 12.1.